The van der Waals surface area contributed by atoms with Crippen LogP contribution in [0.4, 0.5) is 0 Å². The van der Waals surface area contributed by atoms with Gasteiger partial charge in [-0.05, 0) is 33.3 Å². The number of rotatable bonds is 6. The van der Waals surface area contributed by atoms with Crippen molar-refractivity contribution in [3.8, 4) is 0 Å². The molecule has 0 bridgehead atoms. The van der Waals surface area contributed by atoms with Crippen LogP contribution < -0.4 is 10.5 Å². The van der Waals surface area contributed by atoms with Crippen LogP contribution in [-0.4, -0.2) is 58.3 Å². The van der Waals surface area contributed by atoms with Gasteiger partial charge in [0.05, 0.1) is 43.4 Å². The van der Waals surface area contributed by atoms with Crippen molar-refractivity contribution in [1.29, 1.82) is 0 Å². The van der Waals surface area contributed by atoms with Crippen molar-refractivity contribution in [3.63, 3.8) is 0 Å². The number of allylic oxidation sites excluding steroid dienone is 1. The molecule has 152 valence electrons. The number of aromatic nitrogens is 2. The summed E-state index contributed by atoms with van der Waals surface area (Å²) in [5, 5.41) is 0.995. The van der Waals surface area contributed by atoms with Crippen LogP contribution >= 0.6 is 23.1 Å². The van der Waals surface area contributed by atoms with Gasteiger partial charge in [0.25, 0.3) is 5.56 Å². The molecule has 3 rings (SSSR count). The van der Waals surface area contributed by atoms with Crippen molar-refractivity contribution in [3.05, 3.63) is 33.4 Å². The van der Waals surface area contributed by atoms with Gasteiger partial charge < -0.3 is 9.80 Å². The van der Waals surface area contributed by atoms with E-state index in [0.29, 0.717) is 17.1 Å². The quantitative estimate of drug-likeness (QED) is 0.436. The molecule has 8 heteroatoms. The van der Waals surface area contributed by atoms with Crippen LogP contribution in [-0.2, 0) is 11.3 Å². The van der Waals surface area contributed by atoms with E-state index in [4.69, 9.17) is 4.98 Å². The molecule has 1 N–H and O–H groups in total. The molecular weight excluding hydrogens is 392 g/mol. The monoisotopic (exact) mass is 421 g/mol. The molecule has 0 aliphatic carbocycles. The second-order valence-corrected chi connectivity index (χ2v) is 9.76. The van der Waals surface area contributed by atoms with Gasteiger partial charge in [0.2, 0.25) is 5.91 Å². The third kappa shape index (κ3) is 4.04. The predicted octanol–water partition coefficient (Wildman–Crippen LogP) is 1.49. The van der Waals surface area contributed by atoms with E-state index >= 15 is 0 Å². The highest BCUT2D eigenvalue weighted by molar-refractivity contribution is 8.00. The SMILES string of the molecule is C=CCn1c(S[C@H](C)C(=O)N2CC[NH+](CC)CC2)nc2sc(C)c(C)c2c1=O. The molecule has 0 unspecified atom stereocenters. The number of carbonyl (C=O) groups is 1. The number of carbonyl (C=O) groups excluding carboxylic acids is 1. The molecule has 1 aliphatic rings. The summed E-state index contributed by atoms with van der Waals surface area (Å²) in [7, 11) is 0. The van der Waals surface area contributed by atoms with Crippen LogP contribution in [0.1, 0.15) is 24.3 Å². The molecular formula is C20H29N4O2S2+. The van der Waals surface area contributed by atoms with Gasteiger partial charge in [0.1, 0.15) is 4.83 Å². The van der Waals surface area contributed by atoms with E-state index in [0.717, 1.165) is 48.0 Å². The van der Waals surface area contributed by atoms with E-state index in [1.807, 2.05) is 25.7 Å². The Morgan fingerprint density at radius 2 is 2.07 bits per heavy atom. The molecule has 1 saturated heterocycles. The second-order valence-electron chi connectivity index (χ2n) is 7.25. The van der Waals surface area contributed by atoms with Gasteiger partial charge in [-0.15, -0.1) is 17.9 Å². The van der Waals surface area contributed by atoms with Crippen molar-refractivity contribution >= 4 is 39.2 Å². The molecule has 1 fully saturated rings. The number of hydrogen-bond acceptors (Lipinski definition) is 5. The highest BCUT2D eigenvalue weighted by Crippen LogP contribution is 2.30. The first-order valence-corrected chi connectivity index (χ1v) is 11.5. The molecule has 28 heavy (non-hydrogen) atoms. The first-order valence-electron chi connectivity index (χ1n) is 9.77. The van der Waals surface area contributed by atoms with Crippen LogP contribution in [0, 0.1) is 13.8 Å². The lowest BCUT2D eigenvalue weighted by molar-refractivity contribution is -0.902. The smallest absolute Gasteiger partial charge is 0.263 e. The van der Waals surface area contributed by atoms with E-state index in [1.165, 1.54) is 23.1 Å². The maximum Gasteiger partial charge on any atom is 0.263 e. The van der Waals surface area contributed by atoms with E-state index < -0.39 is 0 Å². The van der Waals surface area contributed by atoms with E-state index in [9.17, 15) is 9.59 Å². The maximum absolute atomic E-state index is 13.1. The van der Waals surface area contributed by atoms with E-state index in [1.54, 1.807) is 15.5 Å². The number of thiophene rings is 1. The Morgan fingerprint density at radius 1 is 1.39 bits per heavy atom. The summed E-state index contributed by atoms with van der Waals surface area (Å²) in [4.78, 5) is 36.1. The Bertz CT molecular complexity index is 942. The fraction of sp³-hybridized carbons (Fsp3) is 0.550. The van der Waals surface area contributed by atoms with Crippen LogP contribution in [0.25, 0.3) is 10.2 Å². The summed E-state index contributed by atoms with van der Waals surface area (Å²) in [6.07, 6.45) is 1.70. The molecule has 1 amide bonds. The summed E-state index contributed by atoms with van der Waals surface area (Å²) in [6, 6.07) is 0. The summed E-state index contributed by atoms with van der Waals surface area (Å²) in [5.74, 6) is 0.123. The summed E-state index contributed by atoms with van der Waals surface area (Å²) in [5.41, 5.74) is 0.946. The topological polar surface area (TPSA) is 59.6 Å². The van der Waals surface area contributed by atoms with Crippen LogP contribution in [0.5, 0.6) is 0 Å². The molecule has 1 aliphatic heterocycles. The minimum Gasteiger partial charge on any atom is -0.332 e. The minimum atomic E-state index is -0.286. The number of hydrogen-bond donors (Lipinski definition) is 1. The Hall–Kier alpha value is -1.64. The number of aryl methyl sites for hydroxylation is 2. The molecule has 6 nitrogen and oxygen atoms in total. The van der Waals surface area contributed by atoms with Crippen LogP contribution in [0.3, 0.4) is 0 Å². The van der Waals surface area contributed by atoms with E-state index in [-0.39, 0.29) is 16.7 Å². The number of amides is 1. The Kier molecular flexibility index (Phi) is 6.62. The Morgan fingerprint density at radius 3 is 2.68 bits per heavy atom. The first-order chi connectivity index (χ1) is 13.4. The number of likely N-dealkylation sites (N-methyl/N-ethyl adjacent to an activating group) is 1. The minimum absolute atomic E-state index is 0.0472. The van der Waals surface area contributed by atoms with Gasteiger partial charge in [-0.2, -0.15) is 0 Å². The fourth-order valence-electron chi connectivity index (χ4n) is 3.55. The normalized spacial score (nSPS) is 16.5. The number of thioether (sulfide) groups is 1. The van der Waals surface area contributed by atoms with Crippen molar-refractivity contribution in [2.24, 2.45) is 0 Å². The van der Waals surface area contributed by atoms with Gasteiger partial charge in [0, 0.05) is 11.4 Å². The van der Waals surface area contributed by atoms with Gasteiger partial charge in [-0.3, -0.25) is 14.2 Å². The Balaban J connectivity index is 1.86. The molecule has 0 spiro atoms. The summed E-state index contributed by atoms with van der Waals surface area (Å²) >= 11 is 2.91. The number of nitrogens with one attached hydrogen (secondary N) is 1. The lowest BCUT2D eigenvalue weighted by atomic mass is 10.2. The third-order valence-corrected chi connectivity index (χ3v) is 7.66. The summed E-state index contributed by atoms with van der Waals surface area (Å²) < 4.78 is 1.64. The maximum atomic E-state index is 13.1. The van der Waals surface area contributed by atoms with Crippen molar-refractivity contribution < 1.29 is 9.69 Å². The number of fused-ring (bicyclic) bond motifs is 1. The lowest BCUT2D eigenvalue weighted by Crippen LogP contribution is -3.14. The standard InChI is InChI=1S/C20H28N4O2S2/c1-6-8-24-19(26)16-13(3)14(4)27-17(16)21-20(24)28-15(5)18(25)23-11-9-22(7-2)10-12-23/h6,15H,1,7-12H2,2-5H3/p+1/t15-/m1/s1. The van der Waals surface area contributed by atoms with Crippen molar-refractivity contribution in [2.75, 3.05) is 32.7 Å². The fourth-order valence-corrected chi connectivity index (χ4v) is 5.62. The van der Waals surface area contributed by atoms with Gasteiger partial charge in [-0.1, -0.05) is 17.8 Å². The number of quaternary nitrogens is 1. The molecule has 2 aromatic rings. The molecule has 0 aromatic carbocycles. The zero-order valence-electron chi connectivity index (χ0n) is 17.1. The summed E-state index contributed by atoms with van der Waals surface area (Å²) in [6.45, 7) is 16.9. The van der Waals surface area contributed by atoms with E-state index in [2.05, 4.69) is 13.5 Å². The molecule has 0 radical (unpaired) electrons. The highest BCUT2D eigenvalue weighted by Gasteiger charge is 2.28. The first kappa shape index (κ1) is 21.1. The van der Waals surface area contributed by atoms with Gasteiger partial charge in [-0.25, -0.2) is 4.98 Å². The second kappa shape index (κ2) is 8.80. The van der Waals surface area contributed by atoms with Gasteiger partial charge >= 0.3 is 0 Å². The molecule has 3 heterocycles. The number of piperazine rings is 1. The average Bonchev–Trinajstić information content (AvgIpc) is 2.98. The van der Waals surface area contributed by atoms with Crippen molar-refractivity contribution in [1.82, 2.24) is 14.5 Å². The van der Waals surface area contributed by atoms with Gasteiger partial charge in [0.15, 0.2) is 5.16 Å². The average molecular weight is 422 g/mol. The van der Waals surface area contributed by atoms with Crippen LogP contribution in [0.2, 0.25) is 0 Å². The lowest BCUT2D eigenvalue weighted by Gasteiger charge is -2.33. The third-order valence-electron chi connectivity index (χ3n) is 5.48. The molecule has 1 atom stereocenters. The number of nitrogens with zero attached hydrogens (tertiary/aromatic N) is 3. The van der Waals surface area contributed by atoms with Crippen LogP contribution in [0.15, 0.2) is 22.6 Å². The van der Waals surface area contributed by atoms with Crippen molar-refractivity contribution in [2.45, 2.75) is 44.6 Å². The zero-order valence-corrected chi connectivity index (χ0v) is 18.7. The molecule has 0 saturated carbocycles. The highest BCUT2D eigenvalue weighted by atomic mass is 32.2. The Labute approximate surface area is 174 Å². The largest absolute Gasteiger partial charge is 0.332 e. The zero-order chi connectivity index (χ0) is 20.4. The molecule has 2 aromatic heterocycles. The predicted molar refractivity (Wildman–Crippen MR) is 117 cm³/mol.